The van der Waals surface area contributed by atoms with Gasteiger partial charge in [-0.1, -0.05) is 38.1 Å². The lowest BCUT2D eigenvalue weighted by Crippen LogP contribution is -2.20. The molecule has 2 rings (SSSR count). The molecule has 0 saturated heterocycles. The summed E-state index contributed by atoms with van der Waals surface area (Å²) in [5.41, 5.74) is 3.64. The van der Waals surface area contributed by atoms with E-state index in [4.69, 9.17) is 0 Å². The van der Waals surface area contributed by atoms with E-state index in [2.05, 4.69) is 60.3 Å². The molecule has 1 aromatic heterocycles. The van der Waals surface area contributed by atoms with Gasteiger partial charge in [0.15, 0.2) is 0 Å². The van der Waals surface area contributed by atoms with Crippen LogP contribution in [0.3, 0.4) is 0 Å². The predicted molar refractivity (Wildman–Crippen MR) is 82.6 cm³/mol. The van der Waals surface area contributed by atoms with E-state index in [1.165, 1.54) is 11.1 Å². The van der Waals surface area contributed by atoms with E-state index in [0.717, 1.165) is 31.0 Å². The maximum Gasteiger partial charge on any atom is 0.132 e. The Labute approximate surface area is 121 Å². The summed E-state index contributed by atoms with van der Waals surface area (Å²) in [4.78, 5) is 9.01. The summed E-state index contributed by atoms with van der Waals surface area (Å²) in [6, 6.07) is 10.4. The Hall–Kier alpha value is -1.74. The molecule has 0 aliphatic heterocycles. The first-order chi connectivity index (χ1) is 9.65. The average Bonchev–Trinajstić information content (AvgIpc) is 2.41. The highest BCUT2D eigenvalue weighted by Gasteiger charge is 2.03. The van der Waals surface area contributed by atoms with Crippen LogP contribution in [0.2, 0.25) is 0 Å². The third kappa shape index (κ3) is 4.42. The van der Waals surface area contributed by atoms with E-state index in [9.17, 15) is 0 Å². The highest BCUT2D eigenvalue weighted by molar-refractivity contribution is 5.28. The number of aryl methyl sites for hydroxylation is 1. The van der Waals surface area contributed by atoms with Gasteiger partial charge in [0.1, 0.15) is 5.82 Å². The Morgan fingerprint density at radius 2 is 1.95 bits per heavy atom. The molecule has 0 bridgehead atoms. The van der Waals surface area contributed by atoms with E-state index in [1.54, 1.807) is 0 Å². The molecule has 1 aromatic carbocycles. The van der Waals surface area contributed by atoms with E-state index >= 15 is 0 Å². The number of aromatic nitrogens is 2. The Bertz CT molecular complexity index is 549. The molecule has 3 nitrogen and oxygen atoms in total. The van der Waals surface area contributed by atoms with Crippen molar-refractivity contribution >= 4 is 0 Å². The zero-order valence-corrected chi connectivity index (χ0v) is 12.6. The van der Waals surface area contributed by atoms with Crippen molar-refractivity contribution in [1.82, 2.24) is 15.3 Å². The second kappa shape index (κ2) is 7.15. The van der Waals surface area contributed by atoms with Crippen LogP contribution in [0.1, 0.15) is 36.5 Å². The number of rotatable bonds is 6. The first-order valence-corrected chi connectivity index (χ1v) is 7.21. The van der Waals surface area contributed by atoms with Crippen molar-refractivity contribution in [2.24, 2.45) is 5.92 Å². The van der Waals surface area contributed by atoms with Crippen molar-refractivity contribution in [1.29, 1.82) is 0 Å². The predicted octanol–water partition coefficient (Wildman–Crippen LogP) is 3.12. The van der Waals surface area contributed by atoms with Crippen molar-refractivity contribution in [3.8, 4) is 0 Å². The molecule has 2 aromatic rings. The van der Waals surface area contributed by atoms with Crippen LogP contribution >= 0.6 is 0 Å². The lowest BCUT2D eigenvalue weighted by molar-refractivity contribution is 0.547. The topological polar surface area (TPSA) is 37.8 Å². The molecule has 0 aliphatic rings. The monoisotopic (exact) mass is 269 g/mol. The summed E-state index contributed by atoms with van der Waals surface area (Å²) in [5.74, 6) is 1.55. The summed E-state index contributed by atoms with van der Waals surface area (Å²) >= 11 is 0. The molecule has 0 atom stereocenters. The molecule has 0 unspecified atom stereocenters. The summed E-state index contributed by atoms with van der Waals surface area (Å²) in [7, 11) is 0. The summed E-state index contributed by atoms with van der Waals surface area (Å²) in [6.07, 6.45) is 2.65. The fraction of sp³-hybridized carbons (Fsp3) is 0.412. The SMILES string of the molecule is Cc1ccccc1Cc1nccc(CNCC(C)C)n1. The third-order valence-corrected chi connectivity index (χ3v) is 3.23. The van der Waals surface area contributed by atoms with Crippen LogP contribution in [0.15, 0.2) is 36.5 Å². The number of hydrogen-bond acceptors (Lipinski definition) is 3. The van der Waals surface area contributed by atoms with Gasteiger partial charge in [-0.2, -0.15) is 0 Å². The summed E-state index contributed by atoms with van der Waals surface area (Å²) < 4.78 is 0. The Morgan fingerprint density at radius 1 is 1.15 bits per heavy atom. The first kappa shape index (κ1) is 14.7. The van der Waals surface area contributed by atoms with Gasteiger partial charge in [-0.3, -0.25) is 0 Å². The Balaban J connectivity index is 2.01. The third-order valence-electron chi connectivity index (χ3n) is 3.23. The van der Waals surface area contributed by atoms with Crippen LogP contribution in [0.4, 0.5) is 0 Å². The molecule has 1 heterocycles. The number of nitrogens with zero attached hydrogens (tertiary/aromatic N) is 2. The Kier molecular flexibility index (Phi) is 5.24. The molecule has 20 heavy (non-hydrogen) atoms. The van der Waals surface area contributed by atoms with Gasteiger partial charge in [0, 0.05) is 19.2 Å². The maximum absolute atomic E-state index is 4.63. The first-order valence-electron chi connectivity index (χ1n) is 7.21. The molecule has 0 aliphatic carbocycles. The largest absolute Gasteiger partial charge is 0.311 e. The molecule has 3 heteroatoms. The molecule has 0 fully saturated rings. The molecule has 0 saturated carbocycles. The maximum atomic E-state index is 4.63. The van der Waals surface area contributed by atoms with Crippen molar-refractivity contribution in [3.05, 3.63) is 59.2 Å². The van der Waals surface area contributed by atoms with Crippen LogP contribution < -0.4 is 5.32 Å². The van der Waals surface area contributed by atoms with Crippen LogP contribution in [0, 0.1) is 12.8 Å². The van der Waals surface area contributed by atoms with Gasteiger partial charge in [-0.25, -0.2) is 9.97 Å². The van der Waals surface area contributed by atoms with Crippen LogP contribution in [-0.4, -0.2) is 16.5 Å². The fourth-order valence-electron chi connectivity index (χ4n) is 2.09. The lowest BCUT2D eigenvalue weighted by Gasteiger charge is -2.08. The molecule has 0 radical (unpaired) electrons. The number of benzene rings is 1. The zero-order valence-electron chi connectivity index (χ0n) is 12.6. The Morgan fingerprint density at radius 3 is 2.70 bits per heavy atom. The lowest BCUT2D eigenvalue weighted by atomic mass is 10.1. The van der Waals surface area contributed by atoms with Crippen molar-refractivity contribution in [2.75, 3.05) is 6.54 Å². The summed E-state index contributed by atoms with van der Waals surface area (Å²) in [5, 5.41) is 3.41. The standard InChI is InChI=1S/C17H23N3/c1-13(2)11-18-12-16-8-9-19-17(20-16)10-15-7-5-4-6-14(15)3/h4-9,13,18H,10-12H2,1-3H3. The van der Waals surface area contributed by atoms with Gasteiger partial charge in [0.05, 0.1) is 5.69 Å². The summed E-state index contributed by atoms with van der Waals surface area (Å²) in [6.45, 7) is 8.36. The number of nitrogens with one attached hydrogen (secondary N) is 1. The smallest absolute Gasteiger partial charge is 0.132 e. The van der Waals surface area contributed by atoms with Crippen molar-refractivity contribution in [3.63, 3.8) is 0 Å². The van der Waals surface area contributed by atoms with Crippen molar-refractivity contribution < 1.29 is 0 Å². The second-order valence-corrected chi connectivity index (χ2v) is 5.59. The minimum Gasteiger partial charge on any atom is -0.311 e. The van der Waals surface area contributed by atoms with E-state index in [0.29, 0.717) is 5.92 Å². The van der Waals surface area contributed by atoms with Crippen LogP contribution in [-0.2, 0) is 13.0 Å². The van der Waals surface area contributed by atoms with Crippen molar-refractivity contribution in [2.45, 2.75) is 33.7 Å². The number of hydrogen-bond donors (Lipinski definition) is 1. The highest BCUT2D eigenvalue weighted by atomic mass is 14.9. The molecular formula is C17H23N3. The van der Waals surface area contributed by atoms with Crippen LogP contribution in [0.5, 0.6) is 0 Å². The minimum absolute atomic E-state index is 0.656. The molecule has 1 N–H and O–H groups in total. The van der Waals surface area contributed by atoms with Gasteiger partial charge in [-0.15, -0.1) is 0 Å². The normalized spacial score (nSPS) is 11.0. The van der Waals surface area contributed by atoms with Gasteiger partial charge in [0.2, 0.25) is 0 Å². The van der Waals surface area contributed by atoms with Crippen LogP contribution in [0.25, 0.3) is 0 Å². The molecule has 0 amide bonds. The van der Waals surface area contributed by atoms with Gasteiger partial charge < -0.3 is 5.32 Å². The van der Waals surface area contributed by atoms with E-state index in [-0.39, 0.29) is 0 Å². The van der Waals surface area contributed by atoms with Gasteiger partial charge in [0.25, 0.3) is 0 Å². The quantitative estimate of drug-likeness (QED) is 0.875. The van der Waals surface area contributed by atoms with Gasteiger partial charge >= 0.3 is 0 Å². The van der Waals surface area contributed by atoms with E-state index in [1.807, 2.05) is 12.3 Å². The van der Waals surface area contributed by atoms with Gasteiger partial charge in [-0.05, 0) is 36.6 Å². The average molecular weight is 269 g/mol. The fourth-order valence-corrected chi connectivity index (χ4v) is 2.09. The molecule has 106 valence electrons. The minimum atomic E-state index is 0.656. The van der Waals surface area contributed by atoms with E-state index < -0.39 is 0 Å². The highest BCUT2D eigenvalue weighted by Crippen LogP contribution is 2.11. The zero-order chi connectivity index (χ0) is 14.4. The molecular weight excluding hydrogens is 246 g/mol. The molecule has 0 spiro atoms. The second-order valence-electron chi connectivity index (χ2n) is 5.59.